The largest absolute Gasteiger partial charge is 0.472 e. The molecule has 0 radical (unpaired) electrons. The number of esters is 2. The molecule has 0 aromatic heterocycles. The second-order valence-corrected chi connectivity index (χ2v) is 10.5. The van der Waals surface area contributed by atoms with E-state index in [-0.39, 0.29) is 12.8 Å². The Hall–Kier alpha value is -1.03. The molecule has 3 N–H and O–H groups in total. The van der Waals surface area contributed by atoms with Gasteiger partial charge in [-0.25, -0.2) is 4.57 Å². The smallest absolute Gasteiger partial charge is 0.457 e. The van der Waals surface area contributed by atoms with Gasteiger partial charge in [-0.15, -0.1) is 0 Å². The minimum atomic E-state index is -4.59. The van der Waals surface area contributed by atoms with Gasteiger partial charge in [0.25, 0.3) is 0 Å². The van der Waals surface area contributed by atoms with Crippen LogP contribution in [0.1, 0.15) is 110 Å². The van der Waals surface area contributed by atoms with Crippen molar-refractivity contribution in [1.29, 1.82) is 0 Å². The highest BCUT2D eigenvalue weighted by Crippen LogP contribution is 2.43. The van der Waals surface area contributed by atoms with Crippen LogP contribution in [0.5, 0.6) is 0 Å². The van der Waals surface area contributed by atoms with Crippen molar-refractivity contribution >= 4 is 19.8 Å². The number of aliphatic hydroxyl groups excluding tert-OH is 2. The lowest BCUT2D eigenvalue weighted by Crippen LogP contribution is -2.28. The fraction of sp³-hybridized carbons (Fsp3) is 0.920. The first-order chi connectivity index (χ1) is 17.3. The van der Waals surface area contributed by atoms with Gasteiger partial charge in [0.05, 0.1) is 26.4 Å². The first-order valence-electron chi connectivity index (χ1n) is 13.5. The van der Waals surface area contributed by atoms with E-state index in [4.69, 9.17) is 18.5 Å². The van der Waals surface area contributed by atoms with E-state index >= 15 is 0 Å². The minimum Gasteiger partial charge on any atom is -0.457 e. The fourth-order valence-electron chi connectivity index (χ4n) is 3.41. The number of carbonyl (C=O) groups is 2. The van der Waals surface area contributed by atoms with Crippen molar-refractivity contribution in [2.45, 2.75) is 122 Å². The standard InChI is InChI=1S/C25H49O10P/c1-3-5-7-8-9-10-11-12-13-15-17-25(29)35-23(19-27)21-33-36(30,31)32-20-22(18-26)34-24(28)16-14-6-4-2/h22-23,26-27H,3-21H2,1-2H3,(H,30,31). The summed E-state index contributed by atoms with van der Waals surface area (Å²) in [6, 6.07) is 0. The van der Waals surface area contributed by atoms with Crippen molar-refractivity contribution < 1.29 is 47.8 Å². The van der Waals surface area contributed by atoms with E-state index in [0.717, 1.165) is 32.1 Å². The molecule has 0 rings (SSSR count). The molecule has 0 aromatic carbocycles. The van der Waals surface area contributed by atoms with Crippen LogP contribution in [0.2, 0.25) is 0 Å². The average molecular weight is 541 g/mol. The Bertz CT molecular complexity index is 601. The van der Waals surface area contributed by atoms with Crippen molar-refractivity contribution in [3.8, 4) is 0 Å². The van der Waals surface area contributed by atoms with Crippen molar-refractivity contribution in [2.24, 2.45) is 0 Å². The number of hydrogen-bond acceptors (Lipinski definition) is 9. The second kappa shape index (κ2) is 23.1. The quantitative estimate of drug-likeness (QED) is 0.0836. The number of ether oxygens (including phenoxy) is 2. The molecule has 0 aliphatic rings. The molecule has 0 aromatic rings. The molecule has 0 heterocycles. The number of aliphatic hydroxyl groups is 2. The van der Waals surface area contributed by atoms with Gasteiger partial charge in [0.2, 0.25) is 0 Å². The molecule has 0 aliphatic heterocycles. The molecular weight excluding hydrogens is 491 g/mol. The number of rotatable bonds is 25. The Kier molecular flexibility index (Phi) is 22.5. The monoisotopic (exact) mass is 540 g/mol. The molecule has 0 saturated heterocycles. The zero-order chi connectivity index (χ0) is 27.1. The Morgan fingerprint density at radius 2 is 0.972 bits per heavy atom. The molecule has 0 bridgehead atoms. The molecule has 214 valence electrons. The number of phosphoric ester groups is 1. The van der Waals surface area contributed by atoms with Gasteiger partial charge in [-0.2, -0.15) is 0 Å². The van der Waals surface area contributed by atoms with Gasteiger partial charge in [-0.3, -0.25) is 18.6 Å². The van der Waals surface area contributed by atoms with Crippen LogP contribution >= 0.6 is 7.82 Å². The predicted octanol–water partition coefficient (Wildman–Crippen LogP) is 4.82. The Labute approximate surface area is 216 Å². The zero-order valence-electron chi connectivity index (χ0n) is 22.2. The highest BCUT2D eigenvalue weighted by molar-refractivity contribution is 7.47. The molecule has 0 aliphatic carbocycles. The summed E-state index contributed by atoms with van der Waals surface area (Å²) in [6.45, 7) is 1.93. The Morgan fingerprint density at radius 1 is 0.639 bits per heavy atom. The van der Waals surface area contributed by atoms with E-state index in [1.165, 1.54) is 38.5 Å². The average Bonchev–Trinajstić information content (AvgIpc) is 2.85. The van der Waals surface area contributed by atoms with Gasteiger partial charge in [-0.1, -0.05) is 84.5 Å². The fourth-order valence-corrected chi connectivity index (χ4v) is 4.19. The maximum Gasteiger partial charge on any atom is 0.472 e. The van der Waals surface area contributed by atoms with E-state index in [1.54, 1.807) is 0 Å². The van der Waals surface area contributed by atoms with Crippen molar-refractivity contribution in [2.75, 3.05) is 26.4 Å². The molecule has 3 atom stereocenters. The van der Waals surface area contributed by atoms with E-state index < -0.39 is 58.4 Å². The molecule has 0 fully saturated rings. The highest BCUT2D eigenvalue weighted by atomic mass is 31.2. The Balaban J connectivity index is 4.09. The van der Waals surface area contributed by atoms with Crippen LogP contribution in [0.3, 0.4) is 0 Å². The third-order valence-electron chi connectivity index (χ3n) is 5.57. The minimum absolute atomic E-state index is 0.181. The lowest BCUT2D eigenvalue weighted by Gasteiger charge is -2.20. The summed E-state index contributed by atoms with van der Waals surface area (Å²) in [5.74, 6) is -1.05. The third-order valence-corrected chi connectivity index (χ3v) is 6.52. The van der Waals surface area contributed by atoms with Crippen molar-refractivity contribution in [1.82, 2.24) is 0 Å². The maximum atomic E-state index is 12.1. The predicted molar refractivity (Wildman–Crippen MR) is 136 cm³/mol. The van der Waals surface area contributed by atoms with Gasteiger partial charge in [-0.05, 0) is 12.8 Å². The van der Waals surface area contributed by atoms with Crippen LogP contribution in [0.25, 0.3) is 0 Å². The topological polar surface area (TPSA) is 149 Å². The number of unbranched alkanes of at least 4 members (excludes halogenated alkanes) is 11. The van der Waals surface area contributed by atoms with Gasteiger partial charge in [0, 0.05) is 12.8 Å². The van der Waals surface area contributed by atoms with E-state index in [9.17, 15) is 29.3 Å². The van der Waals surface area contributed by atoms with Gasteiger partial charge >= 0.3 is 19.8 Å². The van der Waals surface area contributed by atoms with Crippen LogP contribution in [-0.4, -0.2) is 65.7 Å². The molecule has 3 unspecified atom stereocenters. The summed E-state index contributed by atoms with van der Waals surface area (Å²) in [5.41, 5.74) is 0. The van der Waals surface area contributed by atoms with Gasteiger partial charge in [0.1, 0.15) is 12.2 Å². The number of hydrogen-bond donors (Lipinski definition) is 3. The van der Waals surface area contributed by atoms with Crippen LogP contribution in [-0.2, 0) is 32.7 Å². The third kappa shape index (κ3) is 21.1. The second-order valence-electron chi connectivity index (χ2n) is 9.04. The molecule has 0 saturated carbocycles. The highest BCUT2D eigenvalue weighted by Gasteiger charge is 2.27. The van der Waals surface area contributed by atoms with Crippen molar-refractivity contribution in [3.63, 3.8) is 0 Å². The molecule has 36 heavy (non-hydrogen) atoms. The lowest BCUT2D eigenvalue weighted by atomic mass is 10.1. The SMILES string of the molecule is CCCCCCCCCCCCC(=O)OC(CO)COP(=O)(O)OCC(CO)OC(=O)CCCCC. The summed E-state index contributed by atoms with van der Waals surface area (Å²) < 4.78 is 31.8. The van der Waals surface area contributed by atoms with Crippen LogP contribution < -0.4 is 0 Å². The Morgan fingerprint density at radius 3 is 1.36 bits per heavy atom. The van der Waals surface area contributed by atoms with Gasteiger partial charge < -0.3 is 24.6 Å². The molecule has 11 heteroatoms. The van der Waals surface area contributed by atoms with Crippen molar-refractivity contribution in [3.05, 3.63) is 0 Å². The maximum absolute atomic E-state index is 12.1. The molecule has 10 nitrogen and oxygen atoms in total. The van der Waals surface area contributed by atoms with E-state index in [2.05, 4.69) is 6.92 Å². The van der Waals surface area contributed by atoms with E-state index in [1.807, 2.05) is 6.92 Å². The summed E-state index contributed by atoms with van der Waals surface area (Å²) in [4.78, 5) is 33.5. The van der Waals surface area contributed by atoms with E-state index in [0.29, 0.717) is 12.8 Å². The molecule has 0 amide bonds. The lowest BCUT2D eigenvalue weighted by molar-refractivity contribution is -0.153. The number of phosphoric acid groups is 1. The summed E-state index contributed by atoms with van der Waals surface area (Å²) in [6.07, 6.45) is 12.0. The summed E-state index contributed by atoms with van der Waals surface area (Å²) in [7, 11) is -4.59. The van der Waals surface area contributed by atoms with Crippen LogP contribution in [0, 0.1) is 0 Å². The molecule has 0 spiro atoms. The van der Waals surface area contributed by atoms with Gasteiger partial charge in [0.15, 0.2) is 0 Å². The molecular formula is C25H49O10P. The van der Waals surface area contributed by atoms with Crippen LogP contribution in [0.4, 0.5) is 0 Å². The first kappa shape index (κ1) is 35.0. The van der Waals surface area contributed by atoms with Crippen LogP contribution in [0.15, 0.2) is 0 Å². The first-order valence-corrected chi connectivity index (χ1v) is 15.0. The summed E-state index contributed by atoms with van der Waals surface area (Å²) in [5, 5.41) is 18.7. The number of carbonyl (C=O) groups excluding carboxylic acids is 2. The normalized spacial score (nSPS) is 14.7. The zero-order valence-corrected chi connectivity index (χ0v) is 23.1. The summed E-state index contributed by atoms with van der Waals surface area (Å²) >= 11 is 0.